The highest BCUT2D eigenvalue weighted by atomic mass is 32.1. The van der Waals surface area contributed by atoms with E-state index in [1.54, 1.807) is 6.07 Å². The molecule has 3 N–H and O–H groups in total. The summed E-state index contributed by atoms with van der Waals surface area (Å²) in [5.74, 6) is -1.37. The molecule has 1 heterocycles. The fraction of sp³-hybridized carbons (Fsp3) is 0.214. The zero-order chi connectivity index (χ0) is 17.7. The number of ether oxygens (including phenoxy) is 1. The van der Waals surface area contributed by atoms with Gasteiger partial charge in [-0.2, -0.15) is 13.2 Å². The van der Waals surface area contributed by atoms with Crippen LogP contribution in [-0.4, -0.2) is 23.4 Å². The molecule has 0 unspecified atom stereocenters. The molecule has 0 saturated carbocycles. The minimum Gasteiger partial charge on any atom is -0.426 e. The first-order valence-electron chi connectivity index (χ1n) is 6.65. The van der Waals surface area contributed by atoms with Gasteiger partial charge in [-0.25, -0.2) is 4.98 Å². The minimum atomic E-state index is -4.59. The second-order valence-electron chi connectivity index (χ2n) is 4.50. The number of carbonyl (C=O) groups excluding carboxylic acids is 2. The number of nitrogens with zero attached hydrogens (tertiary/aromatic N) is 1. The number of esters is 1. The van der Waals surface area contributed by atoms with Gasteiger partial charge in [0.2, 0.25) is 0 Å². The average Bonchev–Trinajstić information content (AvgIpc) is 2.96. The van der Waals surface area contributed by atoms with E-state index in [9.17, 15) is 22.8 Å². The maximum absolute atomic E-state index is 12.5. The van der Waals surface area contributed by atoms with Crippen LogP contribution in [0, 0.1) is 0 Å². The van der Waals surface area contributed by atoms with Crippen LogP contribution in [0.25, 0.3) is 0 Å². The first kappa shape index (κ1) is 17.9. The molecule has 0 radical (unpaired) electrons. The predicted octanol–water partition coefficient (Wildman–Crippen LogP) is 2.67. The number of aromatic nitrogens is 1. The first-order valence-corrected chi connectivity index (χ1v) is 7.53. The van der Waals surface area contributed by atoms with E-state index in [0.717, 1.165) is 5.38 Å². The summed E-state index contributed by atoms with van der Waals surface area (Å²) in [5, 5.41) is 2.83. The van der Waals surface area contributed by atoms with Crippen molar-refractivity contribution in [2.75, 3.05) is 11.9 Å². The Hall–Kier alpha value is -2.46. The fourth-order valence-electron chi connectivity index (χ4n) is 1.66. The quantitative estimate of drug-likeness (QED) is 0.632. The molecule has 0 aliphatic rings. The average molecular weight is 359 g/mol. The third-order valence-corrected chi connectivity index (χ3v) is 3.48. The van der Waals surface area contributed by atoms with Gasteiger partial charge < -0.3 is 10.5 Å². The number of nitrogens with one attached hydrogen (secondary N) is 1. The van der Waals surface area contributed by atoms with Crippen molar-refractivity contribution in [1.82, 2.24) is 4.98 Å². The van der Waals surface area contributed by atoms with Crippen LogP contribution in [0.2, 0.25) is 0 Å². The Balaban J connectivity index is 2.15. The molecule has 0 atom stereocenters. The Labute approximate surface area is 138 Å². The van der Waals surface area contributed by atoms with Gasteiger partial charge in [-0.3, -0.25) is 14.9 Å². The maximum Gasteiger partial charge on any atom is 0.434 e. The third-order valence-electron chi connectivity index (χ3n) is 2.72. The molecule has 6 nitrogen and oxygen atoms in total. The molecule has 0 aliphatic heterocycles. The molecule has 0 bridgehead atoms. The molecule has 24 heavy (non-hydrogen) atoms. The molecule has 10 heteroatoms. The van der Waals surface area contributed by atoms with Crippen molar-refractivity contribution in [1.29, 1.82) is 0 Å². The number of benzene rings is 1. The maximum atomic E-state index is 12.5. The summed E-state index contributed by atoms with van der Waals surface area (Å²) < 4.78 is 42.5. The molecule has 128 valence electrons. The number of nitrogens with two attached hydrogens (primary N) is 1. The van der Waals surface area contributed by atoms with E-state index >= 15 is 0 Å². The Bertz CT molecular complexity index is 746. The lowest BCUT2D eigenvalue weighted by molar-refractivity contribution is -0.140. The lowest BCUT2D eigenvalue weighted by atomic mass is 10.2. The topological polar surface area (TPSA) is 94.3 Å². The SMILES string of the molecule is NCCC(=O)Oc1ccccc1C(=O)Nc1nc(C(F)(F)F)cs1. The van der Waals surface area contributed by atoms with E-state index in [1.807, 2.05) is 0 Å². The smallest absolute Gasteiger partial charge is 0.426 e. The van der Waals surface area contributed by atoms with Crippen molar-refractivity contribution in [3.05, 3.63) is 40.9 Å². The third kappa shape index (κ3) is 4.52. The number of rotatable bonds is 5. The molecule has 0 saturated heterocycles. The Morgan fingerprint density at radius 1 is 1.29 bits per heavy atom. The number of carbonyl (C=O) groups is 2. The van der Waals surface area contributed by atoms with Crippen molar-refractivity contribution < 1.29 is 27.5 Å². The summed E-state index contributed by atoms with van der Waals surface area (Å²) in [6.07, 6.45) is -4.62. The van der Waals surface area contributed by atoms with Crippen molar-refractivity contribution in [2.45, 2.75) is 12.6 Å². The number of thiazole rings is 1. The van der Waals surface area contributed by atoms with Crippen molar-refractivity contribution in [2.24, 2.45) is 5.73 Å². The van der Waals surface area contributed by atoms with Crippen molar-refractivity contribution >= 4 is 28.3 Å². The van der Waals surface area contributed by atoms with Gasteiger partial charge in [0.15, 0.2) is 10.8 Å². The Kier molecular flexibility index (Phi) is 5.52. The number of hydrogen-bond acceptors (Lipinski definition) is 6. The summed E-state index contributed by atoms with van der Waals surface area (Å²) in [4.78, 5) is 27.0. The van der Waals surface area contributed by atoms with Crippen LogP contribution in [-0.2, 0) is 11.0 Å². The van der Waals surface area contributed by atoms with Gasteiger partial charge in [-0.1, -0.05) is 12.1 Å². The van der Waals surface area contributed by atoms with Crippen molar-refractivity contribution in [3.8, 4) is 5.75 Å². The lowest BCUT2D eigenvalue weighted by Crippen LogP contribution is -2.18. The number of anilines is 1. The zero-order valence-electron chi connectivity index (χ0n) is 12.1. The van der Waals surface area contributed by atoms with Gasteiger partial charge in [0.25, 0.3) is 5.91 Å². The molecule has 2 rings (SSSR count). The molecule has 1 amide bonds. The minimum absolute atomic E-state index is 0.00775. The van der Waals surface area contributed by atoms with Gasteiger partial charge >= 0.3 is 12.1 Å². The predicted molar refractivity (Wildman–Crippen MR) is 80.8 cm³/mol. The number of alkyl halides is 3. The van der Waals surface area contributed by atoms with Crippen LogP contribution in [0.1, 0.15) is 22.5 Å². The Morgan fingerprint density at radius 3 is 2.62 bits per heavy atom. The molecule has 0 fully saturated rings. The van der Waals surface area contributed by atoms with Gasteiger partial charge in [0.1, 0.15) is 5.75 Å². The fourth-order valence-corrected chi connectivity index (χ4v) is 2.37. The Morgan fingerprint density at radius 2 is 2.00 bits per heavy atom. The van der Waals surface area contributed by atoms with Crippen LogP contribution < -0.4 is 15.8 Å². The number of halogens is 3. The van der Waals surface area contributed by atoms with E-state index in [2.05, 4.69) is 10.3 Å². The second-order valence-corrected chi connectivity index (χ2v) is 5.36. The van der Waals surface area contributed by atoms with E-state index in [1.165, 1.54) is 18.2 Å². The summed E-state index contributed by atoms with van der Waals surface area (Å²) in [6.45, 7) is 0.0898. The highest BCUT2D eigenvalue weighted by Gasteiger charge is 2.34. The van der Waals surface area contributed by atoms with E-state index in [4.69, 9.17) is 10.5 Å². The second kappa shape index (κ2) is 7.41. The highest BCUT2D eigenvalue weighted by Crippen LogP contribution is 2.32. The molecular weight excluding hydrogens is 347 g/mol. The lowest BCUT2D eigenvalue weighted by Gasteiger charge is -2.09. The zero-order valence-corrected chi connectivity index (χ0v) is 12.9. The van der Waals surface area contributed by atoms with Crippen LogP contribution >= 0.6 is 11.3 Å². The number of hydrogen-bond donors (Lipinski definition) is 2. The first-order chi connectivity index (χ1) is 11.3. The number of amides is 1. The van der Waals surface area contributed by atoms with E-state index in [-0.39, 0.29) is 29.4 Å². The van der Waals surface area contributed by atoms with Gasteiger partial charge in [0, 0.05) is 11.9 Å². The summed E-state index contributed by atoms with van der Waals surface area (Å²) in [6, 6.07) is 5.84. The van der Waals surface area contributed by atoms with Gasteiger partial charge in [-0.05, 0) is 12.1 Å². The molecule has 0 aliphatic carbocycles. The monoisotopic (exact) mass is 359 g/mol. The standard InChI is InChI=1S/C14H12F3N3O3S/c15-14(16,17)10-7-24-13(19-10)20-12(22)8-3-1-2-4-9(8)23-11(21)5-6-18/h1-4,7H,5-6,18H2,(H,19,20,22). The number of para-hydroxylation sites is 1. The van der Waals surface area contributed by atoms with Crippen LogP contribution in [0.3, 0.4) is 0 Å². The van der Waals surface area contributed by atoms with E-state index < -0.39 is 23.7 Å². The van der Waals surface area contributed by atoms with E-state index in [0.29, 0.717) is 11.3 Å². The summed E-state index contributed by atoms with van der Waals surface area (Å²) >= 11 is 0.640. The summed E-state index contributed by atoms with van der Waals surface area (Å²) in [5.41, 5.74) is 4.14. The molecule has 0 spiro atoms. The van der Waals surface area contributed by atoms with Gasteiger partial charge in [-0.15, -0.1) is 11.3 Å². The largest absolute Gasteiger partial charge is 0.434 e. The van der Waals surface area contributed by atoms with Gasteiger partial charge in [0.05, 0.1) is 12.0 Å². The van der Waals surface area contributed by atoms with Crippen LogP contribution in [0.15, 0.2) is 29.6 Å². The molecular formula is C14H12F3N3O3S. The van der Waals surface area contributed by atoms with Crippen molar-refractivity contribution in [3.63, 3.8) is 0 Å². The normalized spacial score (nSPS) is 11.2. The highest BCUT2D eigenvalue weighted by molar-refractivity contribution is 7.14. The van der Waals surface area contributed by atoms with Crippen LogP contribution in [0.5, 0.6) is 5.75 Å². The van der Waals surface area contributed by atoms with Crippen LogP contribution in [0.4, 0.5) is 18.3 Å². The molecule has 2 aromatic rings. The molecule has 1 aromatic heterocycles. The molecule has 1 aromatic carbocycles. The summed E-state index contributed by atoms with van der Waals surface area (Å²) in [7, 11) is 0.